The Bertz CT molecular complexity index is 3480. The van der Waals surface area contributed by atoms with Gasteiger partial charge in [-0.2, -0.15) is 0 Å². The second-order valence-electron chi connectivity index (χ2n) is 16.6. The van der Waals surface area contributed by atoms with Crippen LogP contribution in [0.2, 0.25) is 0 Å². The lowest BCUT2D eigenvalue weighted by molar-refractivity contribution is 1.17. The van der Waals surface area contributed by atoms with Crippen molar-refractivity contribution in [2.75, 3.05) is 0 Å². The Morgan fingerprint density at radius 2 is 0.556 bits per heavy atom. The highest BCUT2D eigenvalue weighted by Crippen LogP contribution is 2.50. The van der Waals surface area contributed by atoms with Crippen molar-refractivity contribution in [1.29, 1.82) is 0 Å². The maximum absolute atomic E-state index is 2.54. The van der Waals surface area contributed by atoms with E-state index in [9.17, 15) is 0 Å². The summed E-state index contributed by atoms with van der Waals surface area (Å²) < 4.78 is 7.62. The molecule has 3 nitrogen and oxygen atoms in total. The van der Waals surface area contributed by atoms with Gasteiger partial charge >= 0.3 is 0 Å². The summed E-state index contributed by atoms with van der Waals surface area (Å²) in [5.74, 6) is 0. The Labute approximate surface area is 376 Å². The molecule has 6 heteroatoms. The normalized spacial score (nSPS) is 12.0. The molecule has 0 aliphatic heterocycles. The summed E-state index contributed by atoms with van der Waals surface area (Å²) >= 11 is 5.54. The summed E-state index contributed by atoms with van der Waals surface area (Å²) in [6.07, 6.45) is 0. The van der Waals surface area contributed by atoms with Gasteiger partial charge in [-0.15, -0.1) is 34.0 Å². The van der Waals surface area contributed by atoms with Gasteiger partial charge in [-0.3, -0.25) is 0 Å². The summed E-state index contributed by atoms with van der Waals surface area (Å²) in [5, 5.41) is 7.48. The number of benzene rings is 7. The van der Waals surface area contributed by atoms with Crippen LogP contribution in [0.15, 0.2) is 182 Å². The molecule has 0 N–H and O–H groups in total. The Hall–Kier alpha value is -6.96. The molecule has 0 fully saturated rings. The van der Waals surface area contributed by atoms with Crippen LogP contribution in [-0.4, -0.2) is 13.7 Å². The number of fused-ring (bicyclic) bond motifs is 12. The standard InChI is InChI=1S/C57H39N3S3/c1-34-16-31-49(61-34)37-19-25-40(26-20-37)58-46-13-7-4-10-43(46)52-55(58)53-44-11-5-8-14-47(44)59(41-27-21-38(22-28-41)50-32-17-35(2)62-50)57(53)54-45-12-6-9-15-48(45)60(56(52)54)42-29-23-39(24-30-42)51-33-18-36(3)63-51/h4-33H,1-3H3. The largest absolute Gasteiger partial charge is 0.308 e. The van der Waals surface area contributed by atoms with Gasteiger partial charge in [0.25, 0.3) is 0 Å². The quantitative estimate of drug-likeness (QED) is 0.158. The lowest BCUT2D eigenvalue weighted by Gasteiger charge is -2.14. The number of hydrogen-bond donors (Lipinski definition) is 0. The summed E-state index contributed by atoms with van der Waals surface area (Å²) in [6.45, 7) is 6.54. The van der Waals surface area contributed by atoms with Gasteiger partial charge in [0.15, 0.2) is 0 Å². The van der Waals surface area contributed by atoms with Gasteiger partial charge in [-0.05, 0) is 128 Å². The van der Waals surface area contributed by atoms with Crippen LogP contribution in [0.5, 0.6) is 0 Å². The summed E-state index contributed by atoms with van der Waals surface area (Å²) in [5.41, 5.74) is 14.4. The van der Waals surface area contributed by atoms with Crippen molar-refractivity contribution in [3.8, 4) is 48.4 Å². The molecule has 6 aromatic heterocycles. The number of aryl methyl sites for hydroxylation is 3. The van der Waals surface area contributed by atoms with Gasteiger partial charge in [0.2, 0.25) is 0 Å². The smallest absolute Gasteiger partial charge is 0.0663 e. The molecule has 7 aromatic carbocycles. The Morgan fingerprint density at radius 1 is 0.286 bits per heavy atom. The van der Waals surface area contributed by atoms with Crippen molar-refractivity contribution >= 4 is 99.4 Å². The lowest BCUT2D eigenvalue weighted by Crippen LogP contribution is -1.98. The van der Waals surface area contributed by atoms with Crippen molar-refractivity contribution in [2.24, 2.45) is 0 Å². The van der Waals surface area contributed by atoms with E-state index in [1.165, 1.54) is 111 Å². The molecular formula is C57H39N3S3. The zero-order valence-electron chi connectivity index (χ0n) is 34.9. The zero-order valence-corrected chi connectivity index (χ0v) is 37.3. The maximum Gasteiger partial charge on any atom is 0.0663 e. The monoisotopic (exact) mass is 861 g/mol. The van der Waals surface area contributed by atoms with E-state index in [1.807, 2.05) is 34.0 Å². The highest BCUT2D eigenvalue weighted by Gasteiger charge is 2.29. The third-order valence-corrected chi connectivity index (χ3v) is 15.9. The van der Waals surface area contributed by atoms with Crippen LogP contribution < -0.4 is 0 Å². The molecule has 0 spiro atoms. The predicted octanol–water partition coefficient (Wildman–Crippen LogP) is 17.1. The van der Waals surface area contributed by atoms with Gasteiger partial charge in [0.05, 0.1) is 33.1 Å². The first-order valence-electron chi connectivity index (χ1n) is 21.4. The average Bonchev–Trinajstić information content (AvgIpc) is 4.19. The van der Waals surface area contributed by atoms with Gasteiger partial charge in [-0.25, -0.2) is 0 Å². The van der Waals surface area contributed by atoms with Crippen LogP contribution in [-0.2, 0) is 0 Å². The van der Waals surface area contributed by atoms with Crippen LogP contribution in [0.25, 0.3) is 114 Å². The average molecular weight is 862 g/mol. The van der Waals surface area contributed by atoms with Crippen molar-refractivity contribution in [3.05, 3.63) is 197 Å². The van der Waals surface area contributed by atoms with Crippen molar-refractivity contribution in [3.63, 3.8) is 0 Å². The molecule has 0 saturated heterocycles. The number of para-hydroxylation sites is 3. The van der Waals surface area contributed by atoms with E-state index in [-0.39, 0.29) is 0 Å². The first-order valence-corrected chi connectivity index (χ1v) is 23.9. The minimum atomic E-state index is 1.14. The first-order chi connectivity index (χ1) is 31.0. The Kier molecular flexibility index (Phi) is 8.17. The van der Waals surface area contributed by atoms with E-state index in [4.69, 9.17) is 0 Å². The topological polar surface area (TPSA) is 14.8 Å². The van der Waals surface area contributed by atoms with Gasteiger partial charge in [-0.1, -0.05) is 91.0 Å². The van der Waals surface area contributed by atoms with Gasteiger partial charge in [0, 0.05) is 78.6 Å². The molecule has 6 heterocycles. The number of nitrogens with zero attached hydrogens (tertiary/aromatic N) is 3. The van der Waals surface area contributed by atoms with E-state index < -0.39 is 0 Å². The number of rotatable bonds is 6. The predicted molar refractivity (Wildman–Crippen MR) is 274 cm³/mol. The second kappa shape index (κ2) is 14.0. The summed E-state index contributed by atoms with van der Waals surface area (Å²) in [4.78, 5) is 7.84. The molecule has 0 bridgehead atoms. The van der Waals surface area contributed by atoms with Crippen LogP contribution in [0.1, 0.15) is 14.6 Å². The van der Waals surface area contributed by atoms with E-state index >= 15 is 0 Å². The lowest BCUT2D eigenvalue weighted by atomic mass is 10.0. The molecule has 0 aliphatic carbocycles. The fourth-order valence-electron chi connectivity index (χ4n) is 10.0. The highest BCUT2D eigenvalue weighted by molar-refractivity contribution is 7.16. The molecule has 0 saturated carbocycles. The molecule has 0 radical (unpaired) electrons. The minimum Gasteiger partial charge on any atom is -0.308 e. The number of thiophene rings is 3. The third-order valence-electron chi connectivity index (χ3n) is 12.8. The fourth-order valence-corrected chi connectivity index (χ4v) is 12.7. The fraction of sp³-hybridized carbons (Fsp3) is 0.0526. The van der Waals surface area contributed by atoms with Crippen LogP contribution in [0.4, 0.5) is 0 Å². The van der Waals surface area contributed by atoms with E-state index in [0.29, 0.717) is 0 Å². The molecule has 0 aliphatic rings. The number of aromatic nitrogens is 3. The summed E-state index contributed by atoms with van der Waals surface area (Å²) in [6, 6.07) is 68.1. The van der Waals surface area contributed by atoms with E-state index in [1.54, 1.807) is 0 Å². The molecule has 300 valence electrons. The van der Waals surface area contributed by atoms with Crippen molar-refractivity contribution in [1.82, 2.24) is 13.7 Å². The van der Waals surface area contributed by atoms with E-state index in [0.717, 1.165) is 17.1 Å². The van der Waals surface area contributed by atoms with Crippen LogP contribution in [0, 0.1) is 20.8 Å². The van der Waals surface area contributed by atoms with Crippen LogP contribution >= 0.6 is 34.0 Å². The minimum absolute atomic E-state index is 1.14. The molecule has 13 aromatic rings. The Morgan fingerprint density at radius 3 is 0.810 bits per heavy atom. The molecule has 0 amide bonds. The molecule has 0 atom stereocenters. The SMILES string of the molecule is Cc1ccc(-c2ccc(-n3c4ccccc4c4c3c3c5ccccc5n(-c5ccc(-c6ccc(C)s6)cc5)c3c3c5ccccc5n(-c5ccc(-c6ccc(C)s6)cc5)c43)cc2)s1. The van der Waals surface area contributed by atoms with Gasteiger partial charge in [0.1, 0.15) is 0 Å². The zero-order chi connectivity index (χ0) is 41.9. The molecule has 13 rings (SSSR count). The van der Waals surface area contributed by atoms with E-state index in [2.05, 4.69) is 216 Å². The molecule has 63 heavy (non-hydrogen) atoms. The highest BCUT2D eigenvalue weighted by atomic mass is 32.1. The maximum atomic E-state index is 2.54. The first kappa shape index (κ1) is 36.7. The third kappa shape index (κ3) is 5.55. The second-order valence-corrected chi connectivity index (χ2v) is 20.5. The van der Waals surface area contributed by atoms with Crippen molar-refractivity contribution < 1.29 is 0 Å². The van der Waals surface area contributed by atoms with Crippen molar-refractivity contribution in [2.45, 2.75) is 20.8 Å². The van der Waals surface area contributed by atoms with Crippen LogP contribution in [0.3, 0.4) is 0 Å². The molecular weight excluding hydrogens is 823 g/mol. The number of hydrogen-bond acceptors (Lipinski definition) is 3. The Balaban J connectivity index is 1.21. The summed E-state index contributed by atoms with van der Waals surface area (Å²) in [7, 11) is 0. The molecule has 0 unspecified atom stereocenters. The van der Waals surface area contributed by atoms with Gasteiger partial charge < -0.3 is 13.7 Å².